The summed E-state index contributed by atoms with van der Waals surface area (Å²) in [6.07, 6.45) is 1.42. The van der Waals surface area contributed by atoms with Crippen molar-refractivity contribution < 1.29 is 14.7 Å². The van der Waals surface area contributed by atoms with Crippen molar-refractivity contribution in [1.82, 2.24) is 4.90 Å². The van der Waals surface area contributed by atoms with Crippen molar-refractivity contribution in [2.45, 2.75) is 0 Å². The standard InChI is InChI=1S/C12H11Cl3N2O3/c1-2-3-17(6-11(18)19)12(20)16-10-5-8(14)7(13)4-9(10)15/h2,4-5H,1,3,6H2,(H,16,20)(H,18,19). The van der Waals surface area contributed by atoms with Gasteiger partial charge in [0.25, 0.3) is 0 Å². The zero-order chi connectivity index (χ0) is 15.3. The molecule has 5 nitrogen and oxygen atoms in total. The minimum atomic E-state index is -1.14. The zero-order valence-corrected chi connectivity index (χ0v) is 12.5. The van der Waals surface area contributed by atoms with Crippen LogP contribution in [-0.4, -0.2) is 35.1 Å². The molecule has 1 rings (SSSR count). The number of halogens is 3. The van der Waals surface area contributed by atoms with Gasteiger partial charge in [-0.15, -0.1) is 6.58 Å². The quantitative estimate of drug-likeness (QED) is 0.635. The van der Waals surface area contributed by atoms with Gasteiger partial charge in [0, 0.05) is 6.54 Å². The SMILES string of the molecule is C=CCN(CC(=O)O)C(=O)Nc1cc(Cl)c(Cl)cc1Cl. The number of hydrogen-bond donors (Lipinski definition) is 2. The second-order valence-corrected chi connectivity index (χ2v) is 4.96. The van der Waals surface area contributed by atoms with Crippen molar-refractivity contribution >= 4 is 52.5 Å². The Hall–Kier alpha value is -1.43. The fourth-order valence-corrected chi connectivity index (χ4v) is 1.95. The van der Waals surface area contributed by atoms with Crippen molar-refractivity contribution in [2.24, 2.45) is 0 Å². The highest BCUT2D eigenvalue weighted by Crippen LogP contribution is 2.32. The maximum absolute atomic E-state index is 12.0. The van der Waals surface area contributed by atoms with Crippen LogP contribution < -0.4 is 5.32 Å². The van der Waals surface area contributed by atoms with Crippen LogP contribution >= 0.6 is 34.8 Å². The Kier molecular flexibility index (Phi) is 6.13. The van der Waals surface area contributed by atoms with Crippen molar-refractivity contribution in [3.05, 3.63) is 39.9 Å². The van der Waals surface area contributed by atoms with E-state index in [9.17, 15) is 9.59 Å². The molecule has 0 saturated heterocycles. The largest absolute Gasteiger partial charge is 0.480 e. The number of carboxylic acids is 1. The maximum Gasteiger partial charge on any atom is 0.323 e. The van der Waals surface area contributed by atoms with Gasteiger partial charge in [-0.1, -0.05) is 40.9 Å². The average molecular weight is 338 g/mol. The van der Waals surface area contributed by atoms with E-state index in [-0.39, 0.29) is 27.3 Å². The first kappa shape index (κ1) is 16.6. The molecule has 0 aromatic heterocycles. The molecule has 0 atom stereocenters. The molecule has 108 valence electrons. The number of nitrogens with one attached hydrogen (secondary N) is 1. The summed E-state index contributed by atoms with van der Waals surface area (Å²) < 4.78 is 0. The summed E-state index contributed by atoms with van der Waals surface area (Å²) in [6, 6.07) is 2.14. The van der Waals surface area contributed by atoms with Crippen molar-refractivity contribution in [3.63, 3.8) is 0 Å². The lowest BCUT2D eigenvalue weighted by atomic mass is 10.3. The zero-order valence-electron chi connectivity index (χ0n) is 10.2. The highest BCUT2D eigenvalue weighted by molar-refractivity contribution is 6.44. The van der Waals surface area contributed by atoms with Crippen LogP contribution in [0, 0.1) is 0 Å². The Labute approximate surface area is 130 Å². The van der Waals surface area contributed by atoms with Crippen LogP contribution in [0.3, 0.4) is 0 Å². The predicted molar refractivity (Wildman–Crippen MR) is 79.9 cm³/mol. The highest BCUT2D eigenvalue weighted by atomic mass is 35.5. The molecular weight excluding hydrogens is 327 g/mol. The number of hydrogen-bond acceptors (Lipinski definition) is 2. The van der Waals surface area contributed by atoms with Gasteiger partial charge >= 0.3 is 12.0 Å². The number of aliphatic carboxylic acids is 1. The number of anilines is 1. The van der Waals surface area contributed by atoms with E-state index in [4.69, 9.17) is 39.9 Å². The third kappa shape index (κ3) is 4.59. The first-order valence-electron chi connectivity index (χ1n) is 5.38. The third-order valence-corrected chi connectivity index (χ3v) is 3.25. The van der Waals surface area contributed by atoms with Crippen molar-refractivity contribution in [1.29, 1.82) is 0 Å². The van der Waals surface area contributed by atoms with Gasteiger partial charge in [0.05, 0.1) is 20.8 Å². The Morgan fingerprint density at radius 2 is 1.85 bits per heavy atom. The minimum absolute atomic E-state index is 0.0804. The Bertz CT molecular complexity index is 549. The molecule has 1 aromatic carbocycles. The van der Waals surface area contributed by atoms with E-state index in [1.807, 2.05) is 0 Å². The third-order valence-electron chi connectivity index (χ3n) is 2.21. The number of benzene rings is 1. The van der Waals surface area contributed by atoms with Crippen LogP contribution in [0.4, 0.5) is 10.5 Å². The summed E-state index contributed by atoms with van der Waals surface area (Å²) in [5, 5.41) is 11.9. The van der Waals surface area contributed by atoms with E-state index >= 15 is 0 Å². The average Bonchev–Trinajstić information content (AvgIpc) is 2.34. The van der Waals surface area contributed by atoms with Crippen molar-refractivity contribution in [2.75, 3.05) is 18.4 Å². The van der Waals surface area contributed by atoms with Gasteiger partial charge in [0.15, 0.2) is 0 Å². The molecule has 8 heteroatoms. The molecule has 0 aliphatic carbocycles. The molecule has 0 fully saturated rings. The molecule has 0 bridgehead atoms. The first-order valence-corrected chi connectivity index (χ1v) is 6.51. The van der Waals surface area contributed by atoms with Gasteiger partial charge in [-0.05, 0) is 12.1 Å². The van der Waals surface area contributed by atoms with Gasteiger partial charge in [-0.3, -0.25) is 4.79 Å². The molecule has 0 radical (unpaired) electrons. The highest BCUT2D eigenvalue weighted by Gasteiger charge is 2.17. The topological polar surface area (TPSA) is 69.6 Å². The summed E-state index contributed by atoms with van der Waals surface area (Å²) in [7, 11) is 0. The molecule has 2 amide bonds. The van der Waals surface area contributed by atoms with Gasteiger partial charge in [-0.25, -0.2) is 4.79 Å². The molecular formula is C12H11Cl3N2O3. The van der Waals surface area contributed by atoms with Gasteiger partial charge in [-0.2, -0.15) is 0 Å². The fraction of sp³-hybridized carbons (Fsp3) is 0.167. The van der Waals surface area contributed by atoms with Crippen LogP contribution in [0.5, 0.6) is 0 Å². The molecule has 0 heterocycles. The molecule has 0 spiro atoms. The lowest BCUT2D eigenvalue weighted by Gasteiger charge is -2.20. The van der Waals surface area contributed by atoms with Gasteiger partial charge in [0.1, 0.15) is 6.54 Å². The Morgan fingerprint density at radius 3 is 2.40 bits per heavy atom. The predicted octanol–water partition coefficient (Wildman–Crippen LogP) is 3.75. The number of nitrogens with zero attached hydrogens (tertiary/aromatic N) is 1. The Balaban J connectivity index is 2.90. The lowest BCUT2D eigenvalue weighted by molar-refractivity contribution is -0.137. The van der Waals surface area contributed by atoms with Crippen LogP contribution in [0.1, 0.15) is 0 Å². The summed E-state index contributed by atoms with van der Waals surface area (Å²) in [5.41, 5.74) is 0.241. The molecule has 2 N–H and O–H groups in total. The summed E-state index contributed by atoms with van der Waals surface area (Å²) >= 11 is 17.5. The van der Waals surface area contributed by atoms with Gasteiger partial charge in [0.2, 0.25) is 0 Å². The first-order chi connectivity index (χ1) is 9.35. The normalized spacial score (nSPS) is 9.95. The van der Waals surface area contributed by atoms with E-state index in [2.05, 4.69) is 11.9 Å². The molecule has 1 aromatic rings. The monoisotopic (exact) mass is 336 g/mol. The number of carbonyl (C=O) groups excluding carboxylic acids is 1. The lowest BCUT2D eigenvalue weighted by Crippen LogP contribution is -2.38. The summed E-state index contributed by atoms with van der Waals surface area (Å²) in [5.74, 6) is -1.14. The van der Waals surface area contributed by atoms with E-state index < -0.39 is 18.5 Å². The minimum Gasteiger partial charge on any atom is -0.480 e. The van der Waals surface area contributed by atoms with E-state index in [1.165, 1.54) is 18.2 Å². The molecule has 0 saturated carbocycles. The second kappa shape index (κ2) is 7.38. The fourth-order valence-electron chi connectivity index (χ4n) is 1.35. The van der Waals surface area contributed by atoms with Gasteiger partial charge < -0.3 is 15.3 Å². The van der Waals surface area contributed by atoms with Crippen LogP contribution in [0.2, 0.25) is 15.1 Å². The number of amides is 2. The number of carbonyl (C=O) groups is 2. The number of carboxylic acid groups (broad SMARTS) is 1. The smallest absolute Gasteiger partial charge is 0.323 e. The van der Waals surface area contributed by atoms with E-state index in [1.54, 1.807) is 0 Å². The van der Waals surface area contributed by atoms with Crippen LogP contribution in [-0.2, 0) is 4.79 Å². The Morgan fingerprint density at radius 1 is 1.25 bits per heavy atom. The van der Waals surface area contributed by atoms with Crippen molar-refractivity contribution in [3.8, 4) is 0 Å². The molecule has 20 heavy (non-hydrogen) atoms. The second-order valence-electron chi connectivity index (χ2n) is 3.74. The summed E-state index contributed by atoms with van der Waals surface area (Å²) in [6.45, 7) is 3.08. The molecule has 0 unspecified atom stereocenters. The van der Waals surface area contributed by atoms with Crippen LogP contribution in [0.15, 0.2) is 24.8 Å². The van der Waals surface area contributed by atoms with E-state index in [0.29, 0.717) is 0 Å². The number of rotatable bonds is 5. The molecule has 0 aliphatic heterocycles. The van der Waals surface area contributed by atoms with Crippen LogP contribution in [0.25, 0.3) is 0 Å². The van der Waals surface area contributed by atoms with E-state index in [0.717, 1.165) is 4.90 Å². The summed E-state index contributed by atoms with van der Waals surface area (Å²) in [4.78, 5) is 23.7. The maximum atomic E-state index is 12.0. The molecule has 0 aliphatic rings. The number of urea groups is 1.